The summed E-state index contributed by atoms with van der Waals surface area (Å²) < 4.78 is 1.73. The van der Waals surface area contributed by atoms with Crippen LogP contribution in [0.1, 0.15) is 0 Å². The van der Waals surface area contributed by atoms with E-state index in [0.717, 1.165) is 16.8 Å². The van der Waals surface area contributed by atoms with Crippen LogP contribution in [0.4, 0.5) is 0 Å². The Morgan fingerprint density at radius 3 is 3.21 bits per heavy atom. The third kappa shape index (κ3) is 1.10. The van der Waals surface area contributed by atoms with Crippen molar-refractivity contribution in [1.29, 1.82) is 0 Å². The zero-order chi connectivity index (χ0) is 9.38. The predicted octanol–water partition coefficient (Wildman–Crippen LogP) is 1.65. The first kappa shape index (κ1) is 7.64. The van der Waals surface area contributed by atoms with E-state index in [-0.39, 0.29) is 0 Å². The predicted molar refractivity (Wildman–Crippen MR) is 52.9 cm³/mol. The molecular formula is C9H5N4S. The number of hydrogen-bond acceptors (Lipinski definition) is 4. The fourth-order valence-corrected chi connectivity index (χ4v) is 1.79. The molecule has 5 heteroatoms. The van der Waals surface area contributed by atoms with Gasteiger partial charge in [0.15, 0.2) is 5.51 Å². The van der Waals surface area contributed by atoms with Crippen molar-refractivity contribution in [2.45, 2.75) is 0 Å². The van der Waals surface area contributed by atoms with Crippen LogP contribution in [0.15, 0.2) is 29.9 Å². The van der Waals surface area contributed by atoms with Crippen LogP contribution >= 0.6 is 11.3 Å². The number of fused-ring (bicyclic) bond motifs is 1. The molecule has 0 bridgehead atoms. The van der Waals surface area contributed by atoms with E-state index in [2.05, 4.69) is 20.8 Å². The summed E-state index contributed by atoms with van der Waals surface area (Å²) in [5.74, 6) is 0. The summed E-state index contributed by atoms with van der Waals surface area (Å²) in [5.41, 5.74) is 5.75. The first-order chi connectivity index (χ1) is 6.93. The van der Waals surface area contributed by atoms with Crippen molar-refractivity contribution in [3.05, 3.63) is 35.4 Å². The van der Waals surface area contributed by atoms with E-state index in [0.29, 0.717) is 0 Å². The molecule has 0 fully saturated rings. The van der Waals surface area contributed by atoms with E-state index in [1.54, 1.807) is 10.7 Å². The zero-order valence-corrected chi connectivity index (χ0v) is 7.90. The average molecular weight is 201 g/mol. The number of aromatic nitrogens is 4. The smallest absolute Gasteiger partial charge is 0.152 e. The van der Waals surface area contributed by atoms with E-state index < -0.39 is 0 Å². The van der Waals surface area contributed by atoms with Crippen molar-refractivity contribution < 1.29 is 0 Å². The van der Waals surface area contributed by atoms with Gasteiger partial charge < -0.3 is 0 Å². The summed E-state index contributed by atoms with van der Waals surface area (Å²) >= 11 is 1.46. The van der Waals surface area contributed by atoms with Crippen LogP contribution in [-0.4, -0.2) is 19.8 Å². The molecule has 0 aliphatic heterocycles. The van der Waals surface area contributed by atoms with Crippen LogP contribution in [0.2, 0.25) is 0 Å². The average Bonchev–Trinajstić information content (AvgIpc) is 2.88. The molecule has 0 amide bonds. The molecule has 0 unspecified atom stereocenters. The minimum atomic E-state index is 0.924. The summed E-state index contributed by atoms with van der Waals surface area (Å²) in [6.45, 7) is 0. The molecule has 0 saturated heterocycles. The summed E-state index contributed by atoms with van der Waals surface area (Å²) in [6, 6.07) is 3.97. The molecule has 1 radical (unpaired) electrons. The van der Waals surface area contributed by atoms with Crippen molar-refractivity contribution in [2.24, 2.45) is 0 Å². The maximum Gasteiger partial charge on any atom is 0.152 e. The Balaban J connectivity index is 2.23. The van der Waals surface area contributed by atoms with Gasteiger partial charge in [0.2, 0.25) is 0 Å². The van der Waals surface area contributed by atoms with Gasteiger partial charge in [-0.3, -0.25) is 0 Å². The molecule has 0 aromatic carbocycles. The van der Waals surface area contributed by atoms with Gasteiger partial charge in [-0.05, 0) is 12.1 Å². The SMILES string of the molecule is [c]1nc(-c2ccc3cnnn3c2)cs1. The Morgan fingerprint density at radius 1 is 1.36 bits per heavy atom. The van der Waals surface area contributed by atoms with Crippen molar-refractivity contribution in [3.8, 4) is 11.3 Å². The Morgan fingerprint density at radius 2 is 2.36 bits per heavy atom. The maximum atomic E-state index is 4.11. The molecule has 0 N–H and O–H groups in total. The maximum absolute atomic E-state index is 4.11. The van der Waals surface area contributed by atoms with Crippen LogP contribution < -0.4 is 0 Å². The normalized spacial score (nSPS) is 10.9. The fourth-order valence-electron chi connectivity index (χ4n) is 1.29. The number of hydrogen-bond donors (Lipinski definition) is 0. The number of pyridine rings is 1. The quantitative estimate of drug-likeness (QED) is 0.601. The molecule has 3 rings (SSSR count). The molecule has 3 heterocycles. The van der Waals surface area contributed by atoms with Crippen LogP contribution in [-0.2, 0) is 0 Å². The van der Waals surface area contributed by atoms with E-state index in [9.17, 15) is 0 Å². The lowest BCUT2D eigenvalue weighted by Crippen LogP contribution is -1.88. The second kappa shape index (κ2) is 2.88. The minimum absolute atomic E-state index is 0.924. The highest BCUT2D eigenvalue weighted by molar-refractivity contribution is 7.07. The highest BCUT2D eigenvalue weighted by Crippen LogP contribution is 2.18. The van der Waals surface area contributed by atoms with Gasteiger partial charge in [0, 0.05) is 17.1 Å². The molecule has 0 spiro atoms. The Bertz CT molecular complexity index is 555. The lowest BCUT2D eigenvalue weighted by atomic mass is 10.2. The van der Waals surface area contributed by atoms with E-state index in [4.69, 9.17) is 0 Å². The van der Waals surface area contributed by atoms with Crippen LogP contribution in [0, 0.1) is 5.51 Å². The topological polar surface area (TPSA) is 43.1 Å². The standard InChI is InChI=1S/C9H5N4S/c1-2-8-3-11-12-13(8)4-7(1)9-5-14-6-10-9/h1-5H. The summed E-state index contributed by atoms with van der Waals surface area (Å²) in [7, 11) is 0. The summed E-state index contributed by atoms with van der Waals surface area (Å²) in [5, 5.41) is 9.69. The largest absolute Gasteiger partial charge is 0.233 e. The van der Waals surface area contributed by atoms with Crippen molar-refractivity contribution in [2.75, 3.05) is 0 Å². The van der Waals surface area contributed by atoms with Gasteiger partial charge in [-0.25, -0.2) is 9.50 Å². The number of rotatable bonds is 1. The van der Waals surface area contributed by atoms with Gasteiger partial charge in [-0.1, -0.05) is 5.21 Å². The molecule has 14 heavy (non-hydrogen) atoms. The number of nitrogens with zero attached hydrogens (tertiary/aromatic N) is 4. The fraction of sp³-hybridized carbons (Fsp3) is 0. The van der Waals surface area contributed by atoms with Crippen molar-refractivity contribution in [3.63, 3.8) is 0 Å². The van der Waals surface area contributed by atoms with Crippen LogP contribution in [0.3, 0.4) is 0 Å². The van der Waals surface area contributed by atoms with Crippen LogP contribution in [0.5, 0.6) is 0 Å². The molecule has 3 aromatic heterocycles. The number of thiazole rings is 1. The molecule has 3 aromatic rings. The zero-order valence-electron chi connectivity index (χ0n) is 7.08. The third-order valence-electron chi connectivity index (χ3n) is 1.98. The third-order valence-corrected chi connectivity index (χ3v) is 2.52. The highest BCUT2D eigenvalue weighted by atomic mass is 32.1. The van der Waals surface area contributed by atoms with Gasteiger partial charge in [0.1, 0.15) is 0 Å². The van der Waals surface area contributed by atoms with E-state index in [1.807, 2.05) is 23.7 Å². The molecule has 67 valence electrons. The lowest BCUT2D eigenvalue weighted by Gasteiger charge is -1.96. The van der Waals surface area contributed by atoms with Gasteiger partial charge in [-0.15, -0.1) is 16.4 Å². The minimum Gasteiger partial charge on any atom is -0.233 e. The molecule has 0 atom stereocenters. The summed E-state index contributed by atoms with van der Waals surface area (Å²) in [6.07, 6.45) is 3.63. The molecule has 0 aliphatic carbocycles. The van der Waals surface area contributed by atoms with Gasteiger partial charge in [0.25, 0.3) is 0 Å². The van der Waals surface area contributed by atoms with Gasteiger partial charge in [0.05, 0.1) is 17.4 Å². The first-order valence-corrected chi connectivity index (χ1v) is 4.93. The second-order valence-electron chi connectivity index (χ2n) is 2.85. The Kier molecular flexibility index (Phi) is 1.57. The molecular weight excluding hydrogens is 196 g/mol. The summed E-state index contributed by atoms with van der Waals surface area (Å²) in [4.78, 5) is 4.11. The van der Waals surface area contributed by atoms with Crippen molar-refractivity contribution >= 4 is 16.9 Å². The lowest BCUT2D eigenvalue weighted by molar-refractivity contribution is 0.856. The van der Waals surface area contributed by atoms with Gasteiger partial charge >= 0.3 is 0 Å². The van der Waals surface area contributed by atoms with E-state index >= 15 is 0 Å². The first-order valence-electron chi connectivity index (χ1n) is 4.05. The Hall–Kier alpha value is -1.75. The second-order valence-corrected chi connectivity index (χ2v) is 3.50. The van der Waals surface area contributed by atoms with E-state index in [1.165, 1.54) is 11.3 Å². The monoisotopic (exact) mass is 201 g/mol. The highest BCUT2D eigenvalue weighted by Gasteiger charge is 2.01. The van der Waals surface area contributed by atoms with Crippen molar-refractivity contribution in [1.82, 2.24) is 19.8 Å². The van der Waals surface area contributed by atoms with Crippen LogP contribution in [0.25, 0.3) is 16.8 Å². The molecule has 4 nitrogen and oxygen atoms in total. The molecule has 0 saturated carbocycles. The Labute approximate surface area is 83.8 Å². The van der Waals surface area contributed by atoms with Gasteiger partial charge in [-0.2, -0.15) is 0 Å². The molecule has 0 aliphatic rings.